The predicted octanol–water partition coefficient (Wildman–Crippen LogP) is -0.0847. The number of hydrogen-bond donors (Lipinski definition) is 3. The van der Waals surface area contributed by atoms with Gasteiger partial charge in [0.1, 0.15) is 0 Å². The van der Waals surface area contributed by atoms with E-state index in [1.54, 1.807) is 0 Å². The van der Waals surface area contributed by atoms with Gasteiger partial charge in [0.05, 0.1) is 12.6 Å². The van der Waals surface area contributed by atoms with Crippen LogP contribution in [-0.2, 0) is 14.3 Å². The zero-order valence-electron chi connectivity index (χ0n) is 11.6. The monoisotopic (exact) mass is 271 g/mol. The van der Waals surface area contributed by atoms with E-state index < -0.39 is 0 Å². The summed E-state index contributed by atoms with van der Waals surface area (Å²) in [6.07, 6.45) is 5.27. The molecule has 0 spiro atoms. The van der Waals surface area contributed by atoms with E-state index in [1.807, 2.05) is 0 Å². The van der Waals surface area contributed by atoms with Crippen LogP contribution < -0.4 is 16.4 Å². The summed E-state index contributed by atoms with van der Waals surface area (Å²) in [5.74, 6) is -0.368. The van der Waals surface area contributed by atoms with Crippen molar-refractivity contribution in [3.63, 3.8) is 0 Å². The zero-order chi connectivity index (χ0) is 14.1. The molecule has 0 heterocycles. The first-order valence-electron chi connectivity index (χ1n) is 6.96. The van der Waals surface area contributed by atoms with Crippen molar-refractivity contribution in [2.24, 2.45) is 5.73 Å². The van der Waals surface area contributed by atoms with Crippen molar-refractivity contribution < 1.29 is 14.3 Å². The molecule has 0 unspecified atom stereocenters. The lowest BCUT2D eigenvalue weighted by Gasteiger charge is -2.26. The van der Waals surface area contributed by atoms with Gasteiger partial charge in [0.15, 0.2) is 0 Å². The zero-order valence-corrected chi connectivity index (χ0v) is 11.6. The number of nitrogens with one attached hydrogen (secondary N) is 2. The lowest BCUT2D eigenvalue weighted by atomic mass is 9.94. The Balaban J connectivity index is 1.93. The maximum atomic E-state index is 11.3. The van der Waals surface area contributed by atoms with Crippen LogP contribution in [0.4, 0.5) is 0 Å². The van der Waals surface area contributed by atoms with E-state index in [-0.39, 0.29) is 18.4 Å². The van der Waals surface area contributed by atoms with Crippen LogP contribution in [0.2, 0.25) is 0 Å². The molecule has 6 nitrogen and oxygen atoms in total. The number of nitrogens with two attached hydrogens (primary N) is 1. The van der Waals surface area contributed by atoms with Gasteiger partial charge in [-0.1, -0.05) is 0 Å². The Morgan fingerprint density at radius 1 is 1.21 bits per heavy atom. The molecule has 4 N–H and O–H groups in total. The van der Waals surface area contributed by atoms with Gasteiger partial charge in [0, 0.05) is 26.1 Å². The van der Waals surface area contributed by atoms with Gasteiger partial charge in [-0.05, 0) is 32.1 Å². The fraction of sp³-hybridized carbons (Fsp3) is 0.846. The summed E-state index contributed by atoms with van der Waals surface area (Å²) in [5, 5.41) is 5.18. The van der Waals surface area contributed by atoms with Crippen molar-refractivity contribution in [1.29, 1.82) is 0 Å². The van der Waals surface area contributed by atoms with Crippen LogP contribution in [0.5, 0.6) is 0 Å². The number of carbonyl (C=O) groups is 2. The molecule has 1 aliphatic rings. The minimum absolute atomic E-state index is 0.0384. The van der Waals surface area contributed by atoms with Crippen LogP contribution in [0.25, 0.3) is 0 Å². The SMILES string of the molecule is CC(=O)NCC(=O)NCCCOC1CCC(N)CC1. The van der Waals surface area contributed by atoms with Crippen molar-refractivity contribution in [2.45, 2.75) is 51.2 Å². The quantitative estimate of drug-likeness (QED) is 0.564. The topological polar surface area (TPSA) is 93.5 Å². The fourth-order valence-corrected chi connectivity index (χ4v) is 2.07. The third-order valence-corrected chi connectivity index (χ3v) is 3.21. The molecular weight excluding hydrogens is 246 g/mol. The molecule has 0 radical (unpaired) electrons. The molecule has 0 saturated heterocycles. The van der Waals surface area contributed by atoms with Gasteiger partial charge in [0.2, 0.25) is 11.8 Å². The molecule has 0 aliphatic heterocycles. The Hall–Kier alpha value is -1.14. The Bertz CT molecular complexity index is 289. The Morgan fingerprint density at radius 3 is 2.53 bits per heavy atom. The van der Waals surface area contributed by atoms with Gasteiger partial charge in [-0.25, -0.2) is 0 Å². The Kier molecular flexibility index (Phi) is 7.43. The number of rotatable bonds is 7. The summed E-state index contributed by atoms with van der Waals surface area (Å²) in [6.45, 7) is 2.65. The smallest absolute Gasteiger partial charge is 0.239 e. The van der Waals surface area contributed by atoms with E-state index in [9.17, 15) is 9.59 Å². The third kappa shape index (κ3) is 7.79. The average molecular weight is 271 g/mol. The second kappa shape index (κ2) is 8.87. The van der Waals surface area contributed by atoms with E-state index >= 15 is 0 Å². The fourth-order valence-electron chi connectivity index (χ4n) is 2.07. The predicted molar refractivity (Wildman–Crippen MR) is 72.5 cm³/mol. The highest BCUT2D eigenvalue weighted by atomic mass is 16.5. The summed E-state index contributed by atoms with van der Waals surface area (Å²) in [6, 6.07) is 0.341. The summed E-state index contributed by atoms with van der Waals surface area (Å²) in [4.78, 5) is 21.9. The molecule has 6 heteroatoms. The summed E-state index contributed by atoms with van der Waals surface area (Å²) in [7, 11) is 0. The van der Waals surface area contributed by atoms with Crippen LogP contribution in [0.1, 0.15) is 39.0 Å². The van der Waals surface area contributed by atoms with E-state index in [0.29, 0.717) is 25.3 Å². The highest BCUT2D eigenvalue weighted by Crippen LogP contribution is 2.19. The van der Waals surface area contributed by atoms with Gasteiger partial charge in [-0.15, -0.1) is 0 Å². The van der Waals surface area contributed by atoms with Crippen molar-refractivity contribution in [3.8, 4) is 0 Å². The van der Waals surface area contributed by atoms with Gasteiger partial charge < -0.3 is 21.1 Å². The molecule has 19 heavy (non-hydrogen) atoms. The highest BCUT2D eigenvalue weighted by molar-refractivity contribution is 5.83. The lowest BCUT2D eigenvalue weighted by molar-refractivity contribution is -0.125. The average Bonchev–Trinajstić information content (AvgIpc) is 2.38. The van der Waals surface area contributed by atoms with E-state index in [0.717, 1.165) is 32.1 Å². The van der Waals surface area contributed by atoms with E-state index in [2.05, 4.69) is 10.6 Å². The Labute approximate surface area is 114 Å². The van der Waals surface area contributed by atoms with Crippen molar-refractivity contribution >= 4 is 11.8 Å². The Morgan fingerprint density at radius 2 is 1.89 bits per heavy atom. The summed E-state index contributed by atoms with van der Waals surface area (Å²) >= 11 is 0. The van der Waals surface area contributed by atoms with E-state index in [4.69, 9.17) is 10.5 Å². The first-order valence-corrected chi connectivity index (χ1v) is 6.96. The normalized spacial score (nSPS) is 22.8. The number of amides is 2. The largest absolute Gasteiger partial charge is 0.378 e. The molecule has 1 fully saturated rings. The first kappa shape index (κ1) is 15.9. The van der Waals surface area contributed by atoms with Gasteiger partial charge >= 0.3 is 0 Å². The van der Waals surface area contributed by atoms with Crippen LogP contribution in [0.3, 0.4) is 0 Å². The van der Waals surface area contributed by atoms with Crippen LogP contribution in [-0.4, -0.2) is 43.7 Å². The second-order valence-electron chi connectivity index (χ2n) is 5.02. The molecule has 1 aliphatic carbocycles. The number of carbonyl (C=O) groups excluding carboxylic acids is 2. The molecule has 1 saturated carbocycles. The third-order valence-electron chi connectivity index (χ3n) is 3.21. The van der Waals surface area contributed by atoms with Gasteiger partial charge in [-0.2, -0.15) is 0 Å². The second-order valence-corrected chi connectivity index (χ2v) is 5.02. The molecule has 2 amide bonds. The summed E-state index contributed by atoms with van der Waals surface area (Å²) < 4.78 is 5.73. The maximum Gasteiger partial charge on any atom is 0.239 e. The van der Waals surface area contributed by atoms with Gasteiger partial charge in [-0.3, -0.25) is 9.59 Å². The minimum atomic E-state index is -0.200. The molecule has 0 bridgehead atoms. The number of ether oxygens (including phenoxy) is 1. The van der Waals surface area contributed by atoms with Crippen molar-refractivity contribution in [2.75, 3.05) is 19.7 Å². The standard InChI is InChI=1S/C13H25N3O3/c1-10(17)16-9-13(18)15-7-2-8-19-12-5-3-11(14)4-6-12/h11-12H,2-9,14H2,1H3,(H,15,18)(H,16,17). The highest BCUT2D eigenvalue weighted by Gasteiger charge is 2.18. The number of hydrogen-bond acceptors (Lipinski definition) is 4. The van der Waals surface area contributed by atoms with Crippen molar-refractivity contribution in [1.82, 2.24) is 10.6 Å². The molecule has 0 aromatic heterocycles. The first-order chi connectivity index (χ1) is 9.08. The van der Waals surface area contributed by atoms with E-state index in [1.165, 1.54) is 6.92 Å². The lowest BCUT2D eigenvalue weighted by Crippen LogP contribution is -2.36. The molecule has 0 aromatic carbocycles. The molecule has 0 aromatic rings. The molecule has 0 atom stereocenters. The van der Waals surface area contributed by atoms with Crippen LogP contribution in [0.15, 0.2) is 0 Å². The summed E-state index contributed by atoms with van der Waals surface area (Å²) in [5.41, 5.74) is 5.82. The van der Waals surface area contributed by atoms with Crippen molar-refractivity contribution in [3.05, 3.63) is 0 Å². The maximum absolute atomic E-state index is 11.3. The molecular formula is C13H25N3O3. The van der Waals surface area contributed by atoms with Crippen LogP contribution >= 0.6 is 0 Å². The van der Waals surface area contributed by atoms with Gasteiger partial charge in [0.25, 0.3) is 0 Å². The molecule has 110 valence electrons. The van der Waals surface area contributed by atoms with Crippen LogP contribution in [0, 0.1) is 0 Å². The molecule has 1 rings (SSSR count). The minimum Gasteiger partial charge on any atom is -0.378 e.